The molecule has 0 bridgehead atoms. The molecule has 2 aromatic carbocycles. The summed E-state index contributed by atoms with van der Waals surface area (Å²) in [6, 6.07) is 17.3. The first-order valence-corrected chi connectivity index (χ1v) is 8.60. The molecular weight excluding hydrogens is 359 g/mol. The summed E-state index contributed by atoms with van der Waals surface area (Å²) in [6.07, 6.45) is 1.67. The van der Waals surface area contributed by atoms with Gasteiger partial charge < -0.3 is 15.5 Å². The van der Waals surface area contributed by atoms with E-state index in [-0.39, 0.29) is 6.03 Å². The molecular formula is C21H19FN4O2. The van der Waals surface area contributed by atoms with Crippen LogP contribution in [0.3, 0.4) is 0 Å². The number of hydrogen-bond donors (Lipinski definition) is 2. The third kappa shape index (κ3) is 5.14. The van der Waals surface area contributed by atoms with Crippen LogP contribution >= 0.6 is 0 Å². The van der Waals surface area contributed by atoms with Gasteiger partial charge in [0.25, 0.3) is 5.91 Å². The van der Waals surface area contributed by atoms with Crippen molar-refractivity contribution in [1.82, 2.24) is 9.88 Å². The van der Waals surface area contributed by atoms with Crippen LogP contribution in [0.4, 0.5) is 20.6 Å². The van der Waals surface area contributed by atoms with Gasteiger partial charge in [0.2, 0.25) is 0 Å². The van der Waals surface area contributed by atoms with Crippen molar-refractivity contribution in [2.24, 2.45) is 0 Å². The van der Waals surface area contributed by atoms with Gasteiger partial charge in [0.15, 0.2) is 0 Å². The van der Waals surface area contributed by atoms with Crippen LogP contribution in [0.25, 0.3) is 0 Å². The predicted octanol–water partition coefficient (Wildman–Crippen LogP) is 4.14. The Morgan fingerprint density at radius 2 is 1.71 bits per heavy atom. The highest BCUT2D eigenvalue weighted by molar-refractivity contribution is 6.05. The number of pyridine rings is 1. The smallest absolute Gasteiger partial charge is 0.321 e. The van der Waals surface area contributed by atoms with E-state index in [0.717, 1.165) is 5.69 Å². The van der Waals surface area contributed by atoms with E-state index in [1.165, 1.54) is 23.1 Å². The molecule has 0 aliphatic heterocycles. The molecule has 28 heavy (non-hydrogen) atoms. The van der Waals surface area contributed by atoms with Gasteiger partial charge in [-0.3, -0.25) is 9.78 Å². The molecule has 0 radical (unpaired) electrons. The van der Waals surface area contributed by atoms with Gasteiger partial charge in [-0.05, 0) is 48.5 Å². The molecule has 7 heteroatoms. The fourth-order valence-corrected chi connectivity index (χ4v) is 2.53. The number of aromatic nitrogens is 1. The Balaban J connectivity index is 1.64. The maximum Gasteiger partial charge on any atom is 0.321 e. The molecule has 1 aromatic heterocycles. The Bertz CT molecular complexity index is 979. The highest BCUT2D eigenvalue weighted by Gasteiger charge is 2.12. The van der Waals surface area contributed by atoms with Crippen molar-refractivity contribution in [1.29, 1.82) is 0 Å². The lowest BCUT2D eigenvalue weighted by atomic mass is 10.2. The molecule has 6 nitrogen and oxygen atoms in total. The normalized spacial score (nSPS) is 10.2. The summed E-state index contributed by atoms with van der Waals surface area (Å²) >= 11 is 0. The van der Waals surface area contributed by atoms with Gasteiger partial charge in [-0.25, -0.2) is 9.18 Å². The second-order valence-corrected chi connectivity index (χ2v) is 6.15. The van der Waals surface area contributed by atoms with Gasteiger partial charge in [0.05, 0.1) is 12.2 Å². The lowest BCUT2D eigenvalue weighted by Crippen LogP contribution is -2.31. The molecule has 0 atom stereocenters. The van der Waals surface area contributed by atoms with Crippen molar-refractivity contribution in [3.63, 3.8) is 0 Å². The van der Waals surface area contributed by atoms with E-state index in [1.807, 2.05) is 18.2 Å². The molecule has 3 rings (SSSR count). The van der Waals surface area contributed by atoms with Crippen molar-refractivity contribution in [2.45, 2.75) is 6.54 Å². The summed E-state index contributed by atoms with van der Waals surface area (Å²) in [5.41, 5.74) is 1.94. The van der Waals surface area contributed by atoms with E-state index >= 15 is 0 Å². The predicted molar refractivity (Wildman–Crippen MR) is 106 cm³/mol. The first kappa shape index (κ1) is 19.0. The highest BCUT2D eigenvalue weighted by atomic mass is 19.1. The number of rotatable bonds is 5. The Morgan fingerprint density at radius 1 is 0.964 bits per heavy atom. The summed E-state index contributed by atoms with van der Waals surface area (Å²) in [5, 5.41) is 5.37. The van der Waals surface area contributed by atoms with Gasteiger partial charge >= 0.3 is 6.03 Å². The van der Waals surface area contributed by atoms with Crippen LogP contribution in [0.2, 0.25) is 0 Å². The molecule has 0 aliphatic carbocycles. The van der Waals surface area contributed by atoms with Gasteiger partial charge in [0.1, 0.15) is 5.82 Å². The zero-order chi connectivity index (χ0) is 19.9. The molecule has 0 aliphatic rings. The third-order valence-corrected chi connectivity index (χ3v) is 3.93. The van der Waals surface area contributed by atoms with Crippen LogP contribution in [0.1, 0.15) is 16.1 Å². The molecule has 0 unspecified atom stereocenters. The van der Waals surface area contributed by atoms with Crippen molar-refractivity contribution in [2.75, 3.05) is 17.7 Å². The van der Waals surface area contributed by atoms with E-state index in [0.29, 0.717) is 23.5 Å². The number of anilines is 2. The van der Waals surface area contributed by atoms with Crippen molar-refractivity contribution in [3.05, 3.63) is 90.0 Å². The molecule has 3 aromatic rings. The van der Waals surface area contributed by atoms with E-state index in [9.17, 15) is 14.0 Å². The van der Waals surface area contributed by atoms with Crippen molar-refractivity contribution in [3.8, 4) is 0 Å². The second-order valence-electron chi connectivity index (χ2n) is 6.15. The monoisotopic (exact) mass is 378 g/mol. The van der Waals surface area contributed by atoms with E-state index in [1.54, 1.807) is 43.6 Å². The average Bonchev–Trinajstić information content (AvgIpc) is 2.69. The first-order chi connectivity index (χ1) is 13.5. The Labute approximate surface area is 162 Å². The van der Waals surface area contributed by atoms with Crippen molar-refractivity contribution >= 4 is 23.3 Å². The largest absolute Gasteiger partial charge is 0.322 e. The molecule has 0 fully saturated rings. The molecule has 3 amide bonds. The number of hydrogen-bond acceptors (Lipinski definition) is 3. The van der Waals surface area contributed by atoms with E-state index < -0.39 is 11.7 Å². The molecule has 0 spiro atoms. The maximum atomic E-state index is 13.3. The van der Waals surface area contributed by atoms with Crippen LogP contribution < -0.4 is 10.6 Å². The topological polar surface area (TPSA) is 74.3 Å². The Kier molecular flexibility index (Phi) is 5.96. The van der Waals surface area contributed by atoms with Gasteiger partial charge in [-0.2, -0.15) is 0 Å². The molecule has 0 saturated heterocycles. The minimum atomic E-state index is -0.435. The minimum absolute atomic E-state index is 0.326. The maximum absolute atomic E-state index is 13.3. The lowest BCUT2D eigenvalue weighted by molar-refractivity contribution is 0.102. The summed E-state index contributed by atoms with van der Waals surface area (Å²) < 4.78 is 13.3. The number of halogens is 1. The summed E-state index contributed by atoms with van der Waals surface area (Å²) in [6.45, 7) is 0.354. The Morgan fingerprint density at radius 3 is 2.43 bits per heavy atom. The fourth-order valence-electron chi connectivity index (χ4n) is 2.53. The van der Waals surface area contributed by atoms with Gasteiger partial charge in [0, 0.05) is 30.2 Å². The number of carbonyl (C=O) groups excluding carboxylic acids is 2. The third-order valence-electron chi connectivity index (χ3n) is 3.93. The minimum Gasteiger partial charge on any atom is -0.322 e. The first-order valence-electron chi connectivity index (χ1n) is 8.60. The fraction of sp³-hybridized carbons (Fsp3) is 0.0952. The number of nitrogens with one attached hydrogen (secondary N) is 2. The van der Waals surface area contributed by atoms with Crippen LogP contribution in [0.15, 0.2) is 72.9 Å². The molecule has 0 saturated carbocycles. The summed E-state index contributed by atoms with van der Waals surface area (Å²) in [5.74, 6) is -0.835. The number of benzene rings is 2. The van der Waals surface area contributed by atoms with Crippen LogP contribution in [-0.4, -0.2) is 28.9 Å². The Hall–Kier alpha value is -3.74. The summed E-state index contributed by atoms with van der Waals surface area (Å²) in [4.78, 5) is 30.4. The van der Waals surface area contributed by atoms with Crippen molar-refractivity contribution < 1.29 is 14.0 Å². The summed E-state index contributed by atoms with van der Waals surface area (Å²) in [7, 11) is 1.66. The average molecular weight is 378 g/mol. The highest BCUT2D eigenvalue weighted by Crippen LogP contribution is 2.15. The van der Waals surface area contributed by atoms with Crippen LogP contribution in [0.5, 0.6) is 0 Å². The zero-order valence-corrected chi connectivity index (χ0v) is 15.2. The van der Waals surface area contributed by atoms with Crippen LogP contribution in [0, 0.1) is 5.82 Å². The zero-order valence-electron chi connectivity index (χ0n) is 15.2. The quantitative estimate of drug-likeness (QED) is 0.701. The molecule has 142 valence electrons. The van der Waals surface area contributed by atoms with E-state index in [2.05, 4.69) is 15.6 Å². The lowest BCUT2D eigenvalue weighted by Gasteiger charge is -2.17. The van der Waals surface area contributed by atoms with Crippen LogP contribution in [-0.2, 0) is 6.54 Å². The standard InChI is InChI=1S/C21H19FN4O2/c1-26(14-19-8-2-3-11-23-19)21(28)25-17-9-4-6-15(12-17)20(27)24-18-10-5-7-16(22)13-18/h2-13H,14H2,1H3,(H,24,27)(H,25,28). The van der Waals surface area contributed by atoms with Gasteiger partial charge in [-0.15, -0.1) is 0 Å². The van der Waals surface area contributed by atoms with E-state index in [4.69, 9.17) is 0 Å². The molecule has 2 N–H and O–H groups in total. The number of carbonyl (C=O) groups is 2. The number of amides is 3. The molecule has 1 heterocycles. The second kappa shape index (κ2) is 8.77. The SMILES string of the molecule is CN(Cc1ccccn1)C(=O)Nc1cccc(C(=O)Nc2cccc(F)c2)c1. The number of urea groups is 1. The number of nitrogens with zero attached hydrogens (tertiary/aromatic N) is 2. The van der Waals surface area contributed by atoms with Gasteiger partial charge in [-0.1, -0.05) is 18.2 Å².